The minimum Gasteiger partial charge on any atom is -0.314 e. The van der Waals surface area contributed by atoms with Crippen LogP contribution in [0.1, 0.15) is 31.7 Å². The SMILES string of the molecule is C[C@H](Cc1ccccc1F)NC[C@H]1CCC[C@@H]1NS(C)(=O)=O. The van der Waals surface area contributed by atoms with E-state index >= 15 is 0 Å². The van der Waals surface area contributed by atoms with Gasteiger partial charge >= 0.3 is 0 Å². The van der Waals surface area contributed by atoms with Crippen molar-refractivity contribution in [1.29, 1.82) is 0 Å². The summed E-state index contributed by atoms with van der Waals surface area (Å²) < 4.78 is 39.1. The normalized spacial score (nSPS) is 23.6. The molecule has 124 valence electrons. The van der Waals surface area contributed by atoms with Crippen molar-refractivity contribution in [2.45, 2.75) is 44.7 Å². The highest BCUT2D eigenvalue weighted by Crippen LogP contribution is 2.25. The molecular weight excluding hydrogens is 303 g/mol. The lowest BCUT2D eigenvalue weighted by molar-refractivity contribution is 0.392. The number of benzene rings is 1. The Hall–Kier alpha value is -0.980. The predicted molar refractivity (Wildman–Crippen MR) is 86.7 cm³/mol. The van der Waals surface area contributed by atoms with Crippen LogP contribution in [0.2, 0.25) is 0 Å². The Balaban J connectivity index is 1.83. The summed E-state index contributed by atoms with van der Waals surface area (Å²) in [4.78, 5) is 0. The molecule has 1 aliphatic carbocycles. The molecule has 0 saturated heterocycles. The smallest absolute Gasteiger partial charge is 0.208 e. The quantitative estimate of drug-likeness (QED) is 0.805. The van der Waals surface area contributed by atoms with Gasteiger partial charge in [0.2, 0.25) is 10.0 Å². The third-order valence-electron chi connectivity index (χ3n) is 4.24. The Morgan fingerprint density at radius 2 is 2.05 bits per heavy atom. The molecule has 1 fully saturated rings. The topological polar surface area (TPSA) is 58.2 Å². The van der Waals surface area contributed by atoms with Gasteiger partial charge in [0.05, 0.1) is 6.26 Å². The molecule has 0 amide bonds. The van der Waals surface area contributed by atoms with Gasteiger partial charge in [-0.05, 0) is 50.3 Å². The number of nitrogens with one attached hydrogen (secondary N) is 2. The van der Waals surface area contributed by atoms with Crippen LogP contribution in [0.25, 0.3) is 0 Å². The zero-order valence-electron chi connectivity index (χ0n) is 13.2. The molecule has 3 atom stereocenters. The van der Waals surface area contributed by atoms with Crippen LogP contribution in [-0.2, 0) is 16.4 Å². The van der Waals surface area contributed by atoms with Crippen LogP contribution in [-0.4, -0.2) is 33.3 Å². The van der Waals surface area contributed by atoms with Gasteiger partial charge in [-0.25, -0.2) is 17.5 Å². The highest BCUT2D eigenvalue weighted by atomic mass is 32.2. The molecule has 2 N–H and O–H groups in total. The molecule has 1 saturated carbocycles. The summed E-state index contributed by atoms with van der Waals surface area (Å²) in [6, 6.07) is 6.98. The molecule has 0 unspecified atom stereocenters. The van der Waals surface area contributed by atoms with Crippen LogP contribution in [0, 0.1) is 11.7 Å². The Morgan fingerprint density at radius 1 is 1.32 bits per heavy atom. The van der Waals surface area contributed by atoms with Gasteiger partial charge in [-0.2, -0.15) is 0 Å². The van der Waals surface area contributed by atoms with Crippen molar-refractivity contribution in [2.75, 3.05) is 12.8 Å². The van der Waals surface area contributed by atoms with E-state index in [2.05, 4.69) is 10.0 Å². The lowest BCUT2D eigenvalue weighted by Gasteiger charge is -2.23. The summed E-state index contributed by atoms with van der Waals surface area (Å²) in [7, 11) is -3.16. The third kappa shape index (κ3) is 5.34. The molecule has 0 aromatic heterocycles. The highest BCUT2D eigenvalue weighted by Gasteiger charge is 2.29. The molecule has 1 aromatic carbocycles. The van der Waals surface area contributed by atoms with Gasteiger partial charge in [-0.15, -0.1) is 0 Å². The van der Waals surface area contributed by atoms with E-state index in [9.17, 15) is 12.8 Å². The van der Waals surface area contributed by atoms with E-state index < -0.39 is 10.0 Å². The molecule has 2 rings (SSSR count). The van der Waals surface area contributed by atoms with Crippen LogP contribution in [0.3, 0.4) is 0 Å². The van der Waals surface area contributed by atoms with Crippen molar-refractivity contribution < 1.29 is 12.8 Å². The van der Waals surface area contributed by atoms with Crippen LogP contribution in [0.15, 0.2) is 24.3 Å². The van der Waals surface area contributed by atoms with Crippen molar-refractivity contribution in [1.82, 2.24) is 10.0 Å². The van der Waals surface area contributed by atoms with Crippen molar-refractivity contribution >= 4 is 10.0 Å². The molecule has 0 bridgehead atoms. The van der Waals surface area contributed by atoms with E-state index in [1.54, 1.807) is 12.1 Å². The van der Waals surface area contributed by atoms with Gasteiger partial charge in [0.25, 0.3) is 0 Å². The summed E-state index contributed by atoms with van der Waals surface area (Å²) in [5.74, 6) is 0.131. The molecule has 1 aromatic rings. The lowest BCUT2D eigenvalue weighted by Crippen LogP contribution is -2.42. The van der Waals surface area contributed by atoms with E-state index in [0.29, 0.717) is 17.9 Å². The fourth-order valence-electron chi connectivity index (χ4n) is 3.13. The molecule has 4 nitrogen and oxygen atoms in total. The number of hydrogen-bond acceptors (Lipinski definition) is 3. The van der Waals surface area contributed by atoms with Gasteiger partial charge in [0.1, 0.15) is 5.82 Å². The predicted octanol–water partition coefficient (Wildman–Crippen LogP) is 2.06. The molecule has 0 aliphatic heterocycles. The Bertz CT molecular complexity index is 592. The number of sulfonamides is 1. The average Bonchev–Trinajstić information content (AvgIpc) is 2.84. The monoisotopic (exact) mass is 328 g/mol. The molecule has 22 heavy (non-hydrogen) atoms. The fourth-order valence-corrected chi connectivity index (χ4v) is 3.99. The Kier molecular flexibility index (Phi) is 5.94. The molecule has 0 spiro atoms. The van der Waals surface area contributed by atoms with Crippen LogP contribution in [0.4, 0.5) is 4.39 Å². The second-order valence-electron chi connectivity index (χ2n) is 6.29. The molecule has 1 aliphatic rings. The van der Waals surface area contributed by atoms with Gasteiger partial charge in [0, 0.05) is 12.1 Å². The maximum absolute atomic E-state index is 13.6. The highest BCUT2D eigenvalue weighted by molar-refractivity contribution is 7.88. The largest absolute Gasteiger partial charge is 0.314 e. The maximum atomic E-state index is 13.6. The first kappa shape index (κ1) is 17.4. The van der Waals surface area contributed by atoms with E-state index in [1.807, 2.05) is 13.0 Å². The summed E-state index contributed by atoms with van der Waals surface area (Å²) in [6.07, 6.45) is 4.79. The molecule has 0 heterocycles. The van der Waals surface area contributed by atoms with Gasteiger partial charge in [-0.1, -0.05) is 24.6 Å². The Morgan fingerprint density at radius 3 is 2.73 bits per heavy atom. The second kappa shape index (κ2) is 7.53. The van der Waals surface area contributed by atoms with Gasteiger partial charge in [0.15, 0.2) is 0 Å². The number of rotatable bonds is 7. The molecular formula is C16H25FN2O2S. The van der Waals surface area contributed by atoms with Crippen molar-refractivity contribution in [3.63, 3.8) is 0 Å². The first-order chi connectivity index (χ1) is 10.3. The van der Waals surface area contributed by atoms with Crippen molar-refractivity contribution in [3.05, 3.63) is 35.6 Å². The van der Waals surface area contributed by atoms with E-state index in [0.717, 1.165) is 25.8 Å². The van der Waals surface area contributed by atoms with Gasteiger partial charge < -0.3 is 5.32 Å². The second-order valence-corrected chi connectivity index (χ2v) is 8.07. The minimum atomic E-state index is -3.16. The zero-order chi connectivity index (χ0) is 16.2. The van der Waals surface area contributed by atoms with Gasteiger partial charge in [-0.3, -0.25) is 0 Å². The standard InChI is InChI=1S/C16H25FN2O2S/c1-12(10-13-6-3-4-8-15(13)17)18-11-14-7-5-9-16(14)19-22(2,20)21/h3-4,6,8,12,14,16,18-19H,5,7,9-11H2,1-2H3/t12-,14-,16+/m1/s1. The summed E-state index contributed by atoms with van der Waals surface area (Å²) in [5, 5.41) is 3.41. The summed E-state index contributed by atoms with van der Waals surface area (Å²) in [5.41, 5.74) is 0.708. The summed E-state index contributed by atoms with van der Waals surface area (Å²) in [6.45, 7) is 2.78. The zero-order valence-corrected chi connectivity index (χ0v) is 14.0. The average molecular weight is 328 g/mol. The molecule has 0 radical (unpaired) electrons. The van der Waals surface area contributed by atoms with E-state index in [4.69, 9.17) is 0 Å². The number of hydrogen-bond donors (Lipinski definition) is 2. The third-order valence-corrected chi connectivity index (χ3v) is 4.97. The number of halogens is 1. The van der Waals surface area contributed by atoms with E-state index in [1.165, 1.54) is 12.3 Å². The van der Waals surface area contributed by atoms with Crippen LogP contribution < -0.4 is 10.0 Å². The first-order valence-corrected chi connectivity index (χ1v) is 9.68. The summed E-state index contributed by atoms with van der Waals surface area (Å²) >= 11 is 0. The van der Waals surface area contributed by atoms with E-state index in [-0.39, 0.29) is 17.9 Å². The Labute approximate surface area is 132 Å². The molecule has 6 heteroatoms. The van der Waals surface area contributed by atoms with Crippen molar-refractivity contribution in [2.24, 2.45) is 5.92 Å². The van der Waals surface area contributed by atoms with Crippen LogP contribution in [0.5, 0.6) is 0 Å². The maximum Gasteiger partial charge on any atom is 0.208 e. The van der Waals surface area contributed by atoms with Crippen LogP contribution >= 0.6 is 0 Å². The first-order valence-electron chi connectivity index (χ1n) is 7.79. The van der Waals surface area contributed by atoms with Crippen molar-refractivity contribution in [3.8, 4) is 0 Å². The lowest BCUT2D eigenvalue weighted by atomic mass is 10.0. The fraction of sp³-hybridized carbons (Fsp3) is 0.625. The minimum absolute atomic E-state index is 0.0168.